The van der Waals surface area contributed by atoms with Crippen LogP contribution in [-0.2, 0) is 0 Å². The van der Waals surface area contributed by atoms with Crippen molar-refractivity contribution in [2.24, 2.45) is 5.92 Å². The number of aliphatic hydroxyl groups excluding tert-OH is 1. The molecule has 0 aromatic heterocycles. The van der Waals surface area contributed by atoms with Crippen molar-refractivity contribution in [2.75, 3.05) is 18.5 Å². The smallest absolute Gasteiger partial charge is 0.0475 e. The minimum absolute atomic E-state index is 0.244. The van der Waals surface area contributed by atoms with E-state index in [1.54, 1.807) is 0 Å². The van der Waals surface area contributed by atoms with E-state index in [-0.39, 0.29) is 6.61 Å². The van der Waals surface area contributed by atoms with Crippen molar-refractivity contribution in [3.63, 3.8) is 0 Å². The molecule has 0 heterocycles. The van der Waals surface area contributed by atoms with Crippen molar-refractivity contribution >= 4 is 16.5 Å². The van der Waals surface area contributed by atoms with Gasteiger partial charge in [-0.3, -0.25) is 0 Å². The van der Waals surface area contributed by atoms with E-state index < -0.39 is 0 Å². The normalized spacial score (nSPS) is 12.6. The minimum Gasteiger partial charge on any atom is -0.396 e. The first kappa shape index (κ1) is 11.9. The van der Waals surface area contributed by atoms with Crippen LogP contribution in [0.5, 0.6) is 0 Å². The number of benzene rings is 2. The lowest BCUT2D eigenvalue weighted by atomic mass is 10.1. The van der Waals surface area contributed by atoms with Crippen LogP contribution in [0.3, 0.4) is 0 Å². The summed E-state index contributed by atoms with van der Waals surface area (Å²) in [5.74, 6) is 0.328. The van der Waals surface area contributed by atoms with Gasteiger partial charge in [-0.25, -0.2) is 0 Å². The van der Waals surface area contributed by atoms with E-state index in [0.717, 1.165) is 18.7 Å². The summed E-state index contributed by atoms with van der Waals surface area (Å²) in [4.78, 5) is 0. The monoisotopic (exact) mass is 229 g/mol. The Morgan fingerprint density at radius 3 is 2.65 bits per heavy atom. The number of rotatable bonds is 5. The summed E-state index contributed by atoms with van der Waals surface area (Å²) in [5.41, 5.74) is 1.15. The summed E-state index contributed by atoms with van der Waals surface area (Å²) in [6, 6.07) is 14.6. The predicted octanol–water partition coefficient (Wildman–Crippen LogP) is 3.27. The molecule has 0 radical (unpaired) electrons. The molecule has 2 aromatic carbocycles. The van der Waals surface area contributed by atoms with E-state index in [9.17, 15) is 5.11 Å². The van der Waals surface area contributed by atoms with E-state index in [1.807, 2.05) is 0 Å². The van der Waals surface area contributed by atoms with E-state index >= 15 is 0 Å². The van der Waals surface area contributed by atoms with Crippen LogP contribution in [-0.4, -0.2) is 18.3 Å². The van der Waals surface area contributed by atoms with Gasteiger partial charge in [-0.2, -0.15) is 0 Å². The maximum Gasteiger partial charge on any atom is 0.0475 e. The molecule has 2 aromatic rings. The van der Waals surface area contributed by atoms with Crippen LogP contribution in [0.25, 0.3) is 10.8 Å². The van der Waals surface area contributed by atoms with Crippen molar-refractivity contribution in [3.8, 4) is 0 Å². The second kappa shape index (κ2) is 5.69. The van der Waals surface area contributed by atoms with Crippen molar-refractivity contribution in [1.82, 2.24) is 0 Å². The van der Waals surface area contributed by atoms with E-state index in [4.69, 9.17) is 0 Å². The third-order valence-corrected chi connectivity index (χ3v) is 3.21. The zero-order valence-electron chi connectivity index (χ0n) is 10.2. The number of fused-ring (bicyclic) bond motifs is 1. The molecule has 1 unspecified atom stereocenters. The van der Waals surface area contributed by atoms with Crippen LogP contribution in [0, 0.1) is 5.92 Å². The van der Waals surface area contributed by atoms with Gasteiger partial charge in [0, 0.05) is 24.2 Å². The zero-order chi connectivity index (χ0) is 12.1. The van der Waals surface area contributed by atoms with Crippen LogP contribution in [0.15, 0.2) is 42.5 Å². The predicted molar refractivity (Wildman–Crippen MR) is 73.3 cm³/mol. The Morgan fingerprint density at radius 2 is 1.88 bits per heavy atom. The van der Waals surface area contributed by atoms with Crippen LogP contribution in [0.2, 0.25) is 0 Å². The Kier molecular flexibility index (Phi) is 3.99. The average Bonchev–Trinajstić information content (AvgIpc) is 2.40. The molecule has 2 N–H and O–H groups in total. The largest absolute Gasteiger partial charge is 0.396 e. The molecule has 0 bridgehead atoms. The highest BCUT2D eigenvalue weighted by Gasteiger charge is 2.05. The van der Waals surface area contributed by atoms with Gasteiger partial charge in [0.1, 0.15) is 0 Å². The molecule has 90 valence electrons. The Hall–Kier alpha value is -1.54. The number of hydrogen-bond acceptors (Lipinski definition) is 2. The number of hydrogen-bond donors (Lipinski definition) is 2. The lowest BCUT2D eigenvalue weighted by molar-refractivity contribution is 0.230. The molecular weight excluding hydrogens is 210 g/mol. The van der Waals surface area contributed by atoms with Gasteiger partial charge in [0.05, 0.1) is 0 Å². The van der Waals surface area contributed by atoms with Gasteiger partial charge in [-0.05, 0) is 23.8 Å². The highest BCUT2D eigenvalue weighted by molar-refractivity contribution is 5.93. The first-order chi connectivity index (χ1) is 8.35. The van der Waals surface area contributed by atoms with Gasteiger partial charge in [0.2, 0.25) is 0 Å². The van der Waals surface area contributed by atoms with E-state index in [1.165, 1.54) is 10.8 Å². The van der Waals surface area contributed by atoms with Gasteiger partial charge in [0.25, 0.3) is 0 Å². The third-order valence-electron chi connectivity index (χ3n) is 3.21. The molecule has 2 rings (SSSR count). The Labute approximate surface area is 102 Å². The molecule has 0 aliphatic rings. The fourth-order valence-corrected chi connectivity index (χ4v) is 1.97. The first-order valence-electron chi connectivity index (χ1n) is 6.17. The number of nitrogens with one attached hydrogen (secondary N) is 1. The molecule has 0 spiro atoms. The fourth-order valence-electron chi connectivity index (χ4n) is 1.97. The quantitative estimate of drug-likeness (QED) is 0.824. The minimum atomic E-state index is 0.244. The van der Waals surface area contributed by atoms with Crippen molar-refractivity contribution < 1.29 is 5.11 Å². The molecule has 2 heteroatoms. The molecule has 0 amide bonds. The highest BCUT2D eigenvalue weighted by Crippen LogP contribution is 2.23. The lowest BCUT2D eigenvalue weighted by Gasteiger charge is -2.15. The first-order valence-corrected chi connectivity index (χ1v) is 6.17. The molecule has 0 aliphatic carbocycles. The molecule has 17 heavy (non-hydrogen) atoms. The summed E-state index contributed by atoms with van der Waals surface area (Å²) in [6.07, 6.45) is 0.994. The van der Waals surface area contributed by atoms with E-state index in [0.29, 0.717) is 5.92 Å². The fraction of sp³-hybridized carbons (Fsp3) is 0.333. The second-order valence-corrected chi connectivity index (χ2v) is 4.36. The standard InChI is InChI=1S/C15H19NO/c1-2-12(11-17)10-16-15-9-5-7-13-6-3-4-8-14(13)15/h3-9,12,16-17H,2,10-11H2,1H3. The second-order valence-electron chi connectivity index (χ2n) is 4.36. The molecule has 0 saturated heterocycles. The van der Waals surface area contributed by atoms with Gasteiger partial charge in [-0.15, -0.1) is 0 Å². The molecule has 0 aliphatic heterocycles. The Morgan fingerprint density at radius 1 is 1.12 bits per heavy atom. The maximum absolute atomic E-state index is 9.18. The highest BCUT2D eigenvalue weighted by atomic mass is 16.3. The Bertz CT molecular complexity index is 472. The Balaban J connectivity index is 2.18. The number of aliphatic hydroxyl groups is 1. The molecule has 0 saturated carbocycles. The van der Waals surface area contributed by atoms with Crippen LogP contribution >= 0.6 is 0 Å². The summed E-state index contributed by atoms with van der Waals surface area (Å²) in [5, 5.41) is 15.1. The van der Waals surface area contributed by atoms with Gasteiger partial charge < -0.3 is 10.4 Å². The molecular formula is C15H19NO. The summed E-state index contributed by atoms with van der Waals surface area (Å²) < 4.78 is 0. The van der Waals surface area contributed by atoms with Crippen molar-refractivity contribution in [1.29, 1.82) is 0 Å². The molecule has 1 atom stereocenters. The van der Waals surface area contributed by atoms with Gasteiger partial charge in [-0.1, -0.05) is 43.3 Å². The zero-order valence-corrected chi connectivity index (χ0v) is 10.2. The van der Waals surface area contributed by atoms with Crippen molar-refractivity contribution in [2.45, 2.75) is 13.3 Å². The lowest BCUT2D eigenvalue weighted by Crippen LogP contribution is -2.17. The van der Waals surface area contributed by atoms with Crippen molar-refractivity contribution in [3.05, 3.63) is 42.5 Å². The third kappa shape index (κ3) is 2.77. The van der Waals surface area contributed by atoms with Crippen LogP contribution in [0.4, 0.5) is 5.69 Å². The van der Waals surface area contributed by atoms with Gasteiger partial charge >= 0.3 is 0 Å². The molecule has 2 nitrogen and oxygen atoms in total. The summed E-state index contributed by atoms with van der Waals surface area (Å²) in [6.45, 7) is 3.17. The SMILES string of the molecule is CCC(CO)CNc1cccc2ccccc12. The average molecular weight is 229 g/mol. The maximum atomic E-state index is 9.18. The summed E-state index contributed by atoms with van der Waals surface area (Å²) >= 11 is 0. The summed E-state index contributed by atoms with van der Waals surface area (Å²) in [7, 11) is 0. The number of anilines is 1. The molecule has 0 fully saturated rings. The van der Waals surface area contributed by atoms with Crippen LogP contribution < -0.4 is 5.32 Å². The topological polar surface area (TPSA) is 32.3 Å². The van der Waals surface area contributed by atoms with E-state index in [2.05, 4.69) is 54.7 Å². The van der Waals surface area contributed by atoms with Gasteiger partial charge in [0.15, 0.2) is 0 Å². The van der Waals surface area contributed by atoms with Crippen LogP contribution in [0.1, 0.15) is 13.3 Å².